The van der Waals surface area contributed by atoms with Gasteiger partial charge in [-0.1, -0.05) is 18.2 Å². The highest BCUT2D eigenvalue weighted by Gasteiger charge is 2.12. The summed E-state index contributed by atoms with van der Waals surface area (Å²) in [7, 11) is 0. The second kappa shape index (κ2) is 7.99. The predicted molar refractivity (Wildman–Crippen MR) is 96.1 cm³/mol. The maximum Gasteiger partial charge on any atom is 0.220 e. The molecule has 4 nitrogen and oxygen atoms in total. The van der Waals surface area contributed by atoms with Gasteiger partial charge in [-0.3, -0.25) is 4.79 Å². The highest BCUT2D eigenvalue weighted by Crippen LogP contribution is 2.19. The molecular formula is C20H20F2N2O2. The molecule has 26 heavy (non-hydrogen) atoms. The summed E-state index contributed by atoms with van der Waals surface area (Å²) in [4.78, 5) is 15.3. The van der Waals surface area contributed by atoms with Gasteiger partial charge in [0.1, 0.15) is 12.4 Å². The molecule has 0 fully saturated rings. The van der Waals surface area contributed by atoms with Crippen molar-refractivity contribution >= 4 is 16.8 Å². The SMILES string of the molecule is CC(COc1ccc(F)cc1F)NC(=O)CCc1c[nH]c2ccccc12. The largest absolute Gasteiger partial charge is 0.488 e. The molecule has 2 aromatic carbocycles. The Morgan fingerprint density at radius 3 is 2.85 bits per heavy atom. The molecule has 0 radical (unpaired) electrons. The highest BCUT2D eigenvalue weighted by atomic mass is 19.1. The molecule has 0 saturated heterocycles. The number of amides is 1. The van der Waals surface area contributed by atoms with Crippen molar-refractivity contribution in [3.05, 3.63) is 65.9 Å². The Bertz CT molecular complexity index is 908. The van der Waals surface area contributed by atoms with E-state index in [1.807, 2.05) is 30.5 Å². The van der Waals surface area contributed by atoms with Gasteiger partial charge in [0.15, 0.2) is 11.6 Å². The molecule has 136 valence electrons. The molecule has 0 spiro atoms. The van der Waals surface area contributed by atoms with Crippen LogP contribution in [0.25, 0.3) is 10.9 Å². The average Bonchev–Trinajstić information content (AvgIpc) is 3.02. The van der Waals surface area contributed by atoms with Crippen molar-refractivity contribution in [3.8, 4) is 5.75 Å². The number of carbonyl (C=O) groups excluding carboxylic acids is 1. The maximum atomic E-state index is 13.5. The lowest BCUT2D eigenvalue weighted by Gasteiger charge is -2.15. The Hall–Kier alpha value is -2.89. The molecule has 0 saturated carbocycles. The van der Waals surface area contributed by atoms with Gasteiger partial charge in [-0.05, 0) is 37.1 Å². The molecule has 0 bridgehead atoms. The molecule has 1 amide bonds. The number of para-hydroxylation sites is 1. The van der Waals surface area contributed by atoms with Crippen molar-refractivity contribution in [2.45, 2.75) is 25.8 Å². The zero-order valence-corrected chi connectivity index (χ0v) is 14.4. The van der Waals surface area contributed by atoms with E-state index in [-0.39, 0.29) is 24.3 Å². The molecule has 6 heteroatoms. The fourth-order valence-corrected chi connectivity index (χ4v) is 2.78. The van der Waals surface area contributed by atoms with Gasteiger partial charge in [-0.25, -0.2) is 8.78 Å². The van der Waals surface area contributed by atoms with E-state index in [2.05, 4.69) is 10.3 Å². The van der Waals surface area contributed by atoms with Crippen LogP contribution in [0.1, 0.15) is 18.9 Å². The Morgan fingerprint density at radius 1 is 1.23 bits per heavy atom. The highest BCUT2D eigenvalue weighted by molar-refractivity contribution is 5.84. The number of fused-ring (bicyclic) bond motifs is 1. The first kappa shape index (κ1) is 17.9. The number of aromatic nitrogens is 1. The second-order valence-corrected chi connectivity index (χ2v) is 6.21. The number of rotatable bonds is 7. The van der Waals surface area contributed by atoms with Crippen LogP contribution in [0.4, 0.5) is 8.78 Å². The van der Waals surface area contributed by atoms with Crippen LogP contribution < -0.4 is 10.1 Å². The van der Waals surface area contributed by atoms with Crippen molar-refractivity contribution < 1.29 is 18.3 Å². The van der Waals surface area contributed by atoms with Gasteiger partial charge < -0.3 is 15.0 Å². The van der Waals surface area contributed by atoms with Crippen LogP contribution in [-0.2, 0) is 11.2 Å². The number of H-pyrrole nitrogens is 1. The summed E-state index contributed by atoms with van der Waals surface area (Å²) in [6, 6.07) is 10.8. The van der Waals surface area contributed by atoms with E-state index in [0.29, 0.717) is 12.8 Å². The molecule has 1 atom stereocenters. The smallest absolute Gasteiger partial charge is 0.220 e. The molecule has 1 heterocycles. The van der Waals surface area contributed by atoms with E-state index >= 15 is 0 Å². The zero-order valence-electron chi connectivity index (χ0n) is 14.4. The number of hydrogen-bond acceptors (Lipinski definition) is 2. The summed E-state index contributed by atoms with van der Waals surface area (Å²) < 4.78 is 31.7. The third-order valence-electron chi connectivity index (χ3n) is 4.09. The Kier molecular flexibility index (Phi) is 5.51. The van der Waals surface area contributed by atoms with E-state index in [1.54, 1.807) is 6.92 Å². The van der Waals surface area contributed by atoms with Gasteiger partial charge in [0.2, 0.25) is 5.91 Å². The minimum absolute atomic E-state index is 0.0358. The normalized spacial score (nSPS) is 12.1. The first-order chi connectivity index (χ1) is 12.5. The summed E-state index contributed by atoms with van der Waals surface area (Å²) in [5.41, 5.74) is 2.14. The fourth-order valence-electron chi connectivity index (χ4n) is 2.78. The Balaban J connectivity index is 1.47. The van der Waals surface area contributed by atoms with Crippen LogP contribution in [0.3, 0.4) is 0 Å². The number of halogens is 2. The third-order valence-corrected chi connectivity index (χ3v) is 4.09. The molecule has 0 aliphatic carbocycles. The van der Waals surface area contributed by atoms with E-state index < -0.39 is 11.6 Å². The van der Waals surface area contributed by atoms with E-state index in [0.717, 1.165) is 28.6 Å². The minimum Gasteiger partial charge on any atom is -0.488 e. The number of aromatic amines is 1. The maximum absolute atomic E-state index is 13.5. The average molecular weight is 358 g/mol. The lowest BCUT2D eigenvalue weighted by atomic mass is 10.1. The van der Waals surface area contributed by atoms with Gasteiger partial charge in [0.25, 0.3) is 0 Å². The summed E-state index contributed by atoms with van der Waals surface area (Å²) >= 11 is 0. The predicted octanol–water partition coefficient (Wildman–Crippen LogP) is 3.96. The standard InChI is InChI=1S/C20H20F2N2O2/c1-13(12-26-19-8-7-15(21)10-17(19)22)24-20(25)9-6-14-11-23-18-5-3-2-4-16(14)18/h2-5,7-8,10-11,13,23H,6,9,12H2,1H3,(H,24,25). The van der Waals surface area contributed by atoms with Gasteiger partial charge >= 0.3 is 0 Å². The summed E-state index contributed by atoms with van der Waals surface area (Å²) in [5.74, 6) is -1.56. The third kappa shape index (κ3) is 4.39. The first-order valence-electron chi connectivity index (χ1n) is 8.45. The van der Waals surface area contributed by atoms with Crippen LogP contribution >= 0.6 is 0 Å². The molecule has 0 aliphatic heterocycles. The topological polar surface area (TPSA) is 54.1 Å². The van der Waals surface area contributed by atoms with Crippen LogP contribution in [0.2, 0.25) is 0 Å². The van der Waals surface area contributed by atoms with E-state index in [9.17, 15) is 13.6 Å². The van der Waals surface area contributed by atoms with Crippen molar-refractivity contribution in [1.29, 1.82) is 0 Å². The van der Waals surface area contributed by atoms with Gasteiger partial charge in [-0.15, -0.1) is 0 Å². The summed E-state index contributed by atoms with van der Waals surface area (Å²) in [6.07, 6.45) is 2.88. The van der Waals surface area contributed by atoms with Crippen molar-refractivity contribution in [1.82, 2.24) is 10.3 Å². The molecule has 2 N–H and O–H groups in total. The number of nitrogens with one attached hydrogen (secondary N) is 2. The van der Waals surface area contributed by atoms with Crippen molar-refractivity contribution in [2.24, 2.45) is 0 Å². The monoisotopic (exact) mass is 358 g/mol. The number of hydrogen-bond donors (Lipinski definition) is 2. The quantitative estimate of drug-likeness (QED) is 0.672. The molecule has 1 unspecified atom stereocenters. The van der Waals surface area contributed by atoms with Gasteiger partial charge in [0, 0.05) is 29.6 Å². The fraction of sp³-hybridized carbons (Fsp3) is 0.250. The van der Waals surface area contributed by atoms with Crippen molar-refractivity contribution in [2.75, 3.05) is 6.61 Å². The van der Waals surface area contributed by atoms with Gasteiger partial charge in [-0.2, -0.15) is 0 Å². The lowest BCUT2D eigenvalue weighted by Crippen LogP contribution is -2.36. The number of carbonyl (C=O) groups is 1. The second-order valence-electron chi connectivity index (χ2n) is 6.21. The van der Waals surface area contributed by atoms with Crippen LogP contribution in [-0.4, -0.2) is 23.5 Å². The van der Waals surface area contributed by atoms with Crippen LogP contribution in [0.15, 0.2) is 48.7 Å². The van der Waals surface area contributed by atoms with Crippen molar-refractivity contribution in [3.63, 3.8) is 0 Å². The Morgan fingerprint density at radius 2 is 2.04 bits per heavy atom. The minimum atomic E-state index is -0.761. The number of ether oxygens (including phenoxy) is 1. The molecule has 3 aromatic rings. The van der Waals surface area contributed by atoms with Crippen LogP contribution in [0.5, 0.6) is 5.75 Å². The van der Waals surface area contributed by atoms with Gasteiger partial charge in [0.05, 0.1) is 6.04 Å². The van der Waals surface area contributed by atoms with E-state index in [1.165, 1.54) is 6.07 Å². The first-order valence-corrected chi connectivity index (χ1v) is 8.45. The zero-order chi connectivity index (χ0) is 18.5. The number of benzene rings is 2. The number of aryl methyl sites for hydroxylation is 1. The molecule has 1 aromatic heterocycles. The summed E-state index contributed by atoms with van der Waals surface area (Å²) in [5, 5.41) is 3.94. The molecule has 3 rings (SSSR count). The molecular weight excluding hydrogens is 338 g/mol. The lowest BCUT2D eigenvalue weighted by molar-refractivity contribution is -0.121. The summed E-state index contributed by atoms with van der Waals surface area (Å²) in [6.45, 7) is 1.87. The van der Waals surface area contributed by atoms with E-state index in [4.69, 9.17) is 4.74 Å². The Labute approximate surface area is 150 Å². The molecule has 0 aliphatic rings. The van der Waals surface area contributed by atoms with Crippen LogP contribution in [0, 0.1) is 11.6 Å².